The molecule has 0 fully saturated rings. The Labute approximate surface area is 122 Å². The molecule has 2 rings (SSSR count). The highest BCUT2D eigenvalue weighted by Gasteiger charge is 2.04. The highest BCUT2D eigenvalue weighted by molar-refractivity contribution is 5.38. The zero-order valence-corrected chi connectivity index (χ0v) is 11.3. The van der Waals surface area contributed by atoms with Gasteiger partial charge in [-0.15, -0.1) is 0 Å². The topological polar surface area (TPSA) is 29.5 Å². The number of halogens is 2. The van der Waals surface area contributed by atoms with Gasteiger partial charge in [-0.25, -0.2) is 8.78 Å². The minimum absolute atomic E-state index is 0.0294. The molecular weight excluding hydrogens is 274 g/mol. The fourth-order valence-electron chi connectivity index (χ4n) is 1.65. The van der Waals surface area contributed by atoms with Crippen LogP contribution in [0.4, 0.5) is 8.78 Å². The largest absolute Gasteiger partial charge is 0.489 e. The van der Waals surface area contributed by atoms with E-state index < -0.39 is 11.6 Å². The number of hydrogen-bond acceptors (Lipinski definition) is 2. The van der Waals surface area contributed by atoms with E-state index in [1.807, 2.05) is 0 Å². The van der Waals surface area contributed by atoms with Crippen molar-refractivity contribution >= 4 is 0 Å². The van der Waals surface area contributed by atoms with Crippen LogP contribution < -0.4 is 4.74 Å². The van der Waals surface area contributed by atoms with Crippen molar-refractivity contribution in [2.45, 2.75) is 13.0 Å². The third-order valence-corrected chi connectivity index (χ3v) is 2.73. The van der Waals surface area contributed by atoms with Crippen LogP contribution in [0.25, 0.3) is 0 Å². The zero-order chi connectivity index (χ0) is 15.1. The number of aliphatic hydroxyl groups excluding tert-OH is 1. The molecule has 0 aliphatic heterocycles. The third kappa shape index (κ3) is 4.59. The minimum Gasteiger partial charge on any atom is -0.489 e. The molecule has 2 nitrogen and oxygen atoms in total. The summed E-state index contributed by atoms with van der Waals surface area (Å²) in [6, 6.07) is 10.4. The first kappa shape index (κ1) is 15.0. The lowest BCUT2D eigenvalue weighted by atomic mass is 10.2. The molecule has 21 heavy (non-hydrogen) atoms. The molecule has 0 aromatic heterocycles. The quantitative estimate of drug-likeness (QED) is 0.875. The van der Waals surface area contributed by atoms with E-state index in [-0.39, 0.29) is 13.2 Å². The lowest BCUT2D eigenvalue weighted by molar-refractivity contribution is 0.299. The van der Waals surface area contributed by atoms with Gasteiger partial charge in [0.1, 0.15) is 24.0 Å². The SMILES string of the molecule is OCCC#Cc1ccc(OCc2ccc(F)cc2F)cc1. The first-order valence-corrected chi connectivity index (χ1v) is 6.45. The Bertz CT molecular complexity index is 655. The summed E-state index contributed by atoms with van der Waals surface area (Å²) in [6.45, 7) is 0.0685. The molecule has 0 unspecified atom stereocenters. The van der Waals surface area contributed by atoms with E-state index in [2.05, 4.69) is 11.8 Å². The Hall–Kier alpha value is -2.38. The Morgan fingerprint density at radius 2 is 1.81 bits per heavy atom. The second-order valence-electron chi connectivity index (χ2n) is 4.32. The first-order chi connectivity index (χ1) is 10.2. The molecule has 0 aliphatic rings. The number of aliphatic hydroxyl groups is 1. The summed E-state index contributed by atoms with van der Waals surface area (Å²) in [7, 11) is 0. The summed E-state index contributed by atoms with van der Waals surface area (Å²) in [4.78, 5) is 0. The molecule has 0 heterocycles. The van der Waals surface area contributed by atoms with Gasteiger partial charge in [-0.3, -0.25) is 0 Å². The van der Waals surface area contributed by atoms with Gasteiger partial charge in [-0.1, -0.05) is 11.8 Å². The smallest absolute Gasteiger partial charge is 0.132 e. The lowest BCUT2D eigenvalue weighted by Crippen LogP contribution is -1.99. The van der Waals surface area contributed by atoms with Gasteiger partial charge < -0.3 is 9.84 Å². The van der Waals surface area contributed by atoms with Gasteiger partial charge in [0.2, 0.25) is 0 Å². The number of benzene rings is 2. The van der Waals surface area contributed by atoms with Gasteiger partial charge in [-0.2, -0.15) is 0 Å². The third-order valence-electron chi connectivity index (χ3n) is 2.73. The van der Waals surface area contributed by atoms with Gasteiger partial charge in [0.05, 0.1) is 6.61 Å². The van der Waals surface area contributed by atoms with Gasteiger partial charge in [0, 0.05) is 23.6 Å². The molecule has 0 saturated carbocycles. The normalized spacial score (nSPS) is 9.86. The zero-order valence-electron chi connectivity index (χ0n) is 11.3. The van der Waals surface area contributed by atoms with Crippen LogP contribution in [0.3, 0.4) is 0 Å². The predicted octanol–water partition coefficient (Wildman–Crippen LogP) is 3.28. The molecule has 0 atom stereocenters. The van der Waals surface area contributed by atoms with Gasteiger partial charge >= 0.3 is 0 Å². The van der Waals surface area contributed by atoms with Gasteiger partial charge in [-0.05, 0) is 36.4 Å². The predicted molar refractivity (Wildman–Crippen MR) is 75.7 cm³/mol. The summed E-state index contributed by atoms with van der Waals surface area (Å²) in [5, 5.41) is 8.63. The highest BCUT2D eigenvalue weighted by Crippen LogP contribution is 2.16. The summed E-state index contributed by atoms with van der Waals surface area (Å²) >= 11 is 0. The van der Waals surface area contributed by atoms with Crippen molar-refractivity contribution in [1.29, 1.82) is 0 Å². The molecule has 4 heteroatoms. The molecule has 0 aliphatic carbocycles. The molecular formula is C17H14F2O2. The van der Waals surface area contributed by atoms with Gasteiger partial charge in [0.25, 0.3) is 0 Å². The van der Waals surface area contributed by atoms with Crippen molar-refractivity contribution in [3.63, 3.8) is 0 Å². The number of ether oxygens (including phenoxy) is 1. The van der Waals surface area contributed by atoms with Crippen molar-refractivity contribution in [3.8, 4) is 17.6 Å². The second-order valence-corrected chi connectivity index (χ2v) is 4.32. The van der Waals surface area contributed by atoms with E-state index in [1.54, 1.807) is 24.3 Å². The Morgan fingerprint density at radius 1 is 1.05 bits per heavy atom. The van der Waals surface area contributed by atoms with Crippen LogP contribution >= 0.6 is 0 Å². The van der Waals surface area contributed by atoms with E-state index in [4.69, 9.17) is 9.84 Å². The van der Waals surface area contributed by atoms with E-state index in [9.17, 15) is 8.78 Å². The fraction of sp³-hybridized carbons (Fsp3) is 0.176. The second kappa shape index (κ2) is 7.41. The van der Waals surface area contributed by atoms with Crippen molar-refractivity contribution in [1.82, 2.24) is 0 Å². The molecule has 2 aromatic rings. The van der Waals surface area contributed by atoms with E-state index >= 15 is 0 Å². The monoisotopic (exact) mass is 288 g/mol. The molecule has 0 saturated heterocycles. The van der Waals surface area contributed by atoms with Crippen molar-refractivity contribution in [2.75, 3.05) is 6.61 Å². The lowest BCUT2D eigenvalue weighted by Gasteiger charge is -2.07. The van der Waals surface area contributed by atoms with Crippen LogP contribution in [-0.2, 0) is 6.61 Å². The molecule has 2 aromatic carbocycles. The summed E-state index contributed by atoms with van der Waals surface area (Å²) in [5.41, 5.74) is 1.10. The molecule has 108 valence electrons. The molecule has 0 bridgehead atoms. The van der Waals surface area contributed by atoms with Crippen molar-refractivity contribution in [2.24, 2.45) is 0 Å². The Morgan fingerprint density at radius 3 is 2.48 bits per heavy atom. The standard InChI is InChI=1S/C17H14F2O2/c18-15-7-6-14(17(19)11-15)12-21-16-8-4-13(5-9-16)3-1-2-10-20/h4-9,11,20H,2,10,12H2. The van der Waals surface area contributed by atoms with E-state index in [0.717, 1.165) is 11.6 Å². The minimum atomic E-state index is -0.624. The number of rotatable bonds is 4. The highest BCUT2D eigenvalue weighted by atomic mass is 19.1. The number of hydrogen-bond donors (Lipinski definition) is 1. The molecule has 0 amide bonds. The Kier molecular flexibility index (Phi) is 5.30. The summed E-state index contributed by atoms with van der Waals surface area (Å²) in [5.74, 6) is 5.05. The maximum atomic E-state index is 13.4. The van der Waals surface area contributed by atoms with Crippen LogP contribution in [0.5, 0.6) is 5.75 Å². The van der Waals surface area contributed by atoms with Crippen LogP contribution in [0.1, 0.15) is 17.5 Å². The molecule has 0 radical (unpaired) electrons. The van der Waals surface area contributed by atoms with Crippen molar-refractivity contribution in [3.05, 3.63) is 65.2 Å². The van der Waals surface area contributed by atoms with Gasteiger partial charge in [0.15, 0.2) is 0 Å². The average molecular weight is 288 g/mol. The van der Waals surface area contributed by atoms with Crippen LogP contribution in [0, 0.1) is 23.5 Å². The van der Waals surface area contributed by atoms with Crippen LogP contribution in [0.15, 0.2) is 42.5 Å². The van der Waals surface area contributed by atoms with E-state index in [1.165, 1.54) is 12.1 Å². The maximum Gasteiger partial charge on any atom is 0.132 e. The van der Waals surface area contributed by atoms with Crippen LogP contribution in [0.2, 0.25) is 0 Å². The molecule has 1 N–H and O–H groups in total. The molecule has 0 spiro atoms. The van der Waals surface area contributed by atoms with Crippen molar-refractivity contribution < 1.29 is 18.6 Å². The average Bonchev–Trinajstić information content (AvgIpc) is 2.48. The summed E-state index contributed by atoms with van der Waals surface area (Å²) < 4.78 is 31.6. The first-order valence-electron chi connectivity index (χ1n) is 6.45. The Balaban J connectivity index is 1.96. The maximum absolute atomic E-state index is 13.4. The summed E-state index contributed by atoms with van der Waals surface area (Å²) in [6.07, 6.45) is 0.433. The fourth-order valence-corrected chi connectivity index (χ4v) is 1.65. The van der Waals surface area contributed by atoms with Crippen LogP contribution in [-0.4, -0.2) is 11.7 Å². The van der Waals surface area contributed by atoms with E-state index in [0.29, 0.717) is 17.7 Å².